The first-order chi connectivity index (χ1) is 8.34. The third-order valence-corrected chi connectivity index (χ3v) is 3.50. The first-order valence-corrected chi connectivity index (χ1v) is 6.40. The van der Waals surface area contributed by atoms with E-state index in [0.29, 0.717) is 19.3 Å². The summed E-state index contributed by atoms with van der Waals surface area (Å²) < 4.78 is 37.4. The van der Waals surface area contributed by atoms with Crippen LogP contribution in [0, 0.1) is 5.92 Å². The van der Waals surface area contributed by atoms with Crippen LogP contribution in [0.25, 0.3) is 0 Å². The summed E-state index contributed by atoms with van der Waals surface area (Å²) in [6, 6.07) is -0.737. The average Bonchev–Trinajstić information content (AvgIpc) is 2.28. The third kappa shape index (κ3) is 4.48. The second kappa shape index (κ2) is 6.41. The topological polar surface area (TPSA) is 49.3 Å². The molecule has 1 atom stereocenters. The van der Waals surface area contributed by atoms with Crippen molar-refractivity contribution in [1.82, 2.24) is 5.32 Å². The van der Waals surface area contributed by atoms with E-state index in [9.17, 15) is 18.0 Å². The molecule has 1 aliphatic carbocycles. The van der Waals surface area contributed by atoms with Crippen LogP contribution in [0.3, 0.4) is 0 Å². The predicted octanol–water partition coefficient (Wildman–Crippen LogP) is 2.95. The number of aliphatic carboxylic acids is 1. The van der Waals surface area contributed by atoms with Gasteiger partial charge in [0.1, 0.15) is 6.04 Å². The smallest absolute Gasteiger partial charge is 0.391 e. The van der Waals surface area contributed by atoms with Crippen molar-refractivity contribution in [1.29, 1.82) is 0 Å². The fraction of sp³-hybridized carbons (Fsp3) is 0.917. The van der Waals surface area contributed by atoms with E-state index in [2.05, 4.69) is 5.32 Å². The molecule has 0 amide bonds. The monoisotopic (exact) mass is 267 g/mol. The highest BCUT2D eigenvalue weighted by molar-refractivity contribution is 5.73. The molecule has 0 aromatic heterocycles. The van der Waals surface area contributed by atoms with Gasteiger partial charge < -0.3 is 10.4 Å². The van der Waals surface area contributed by atoms with Gasteiger partial charge in [-0.25, -0.2) is 0 Å². The van der Waals surface area contributed by atoms with Gasteiger partial charge in [-0.05, 0) is 32.1 Å². The molecule has 0 spiro atoms. The normalized spacial score (nSPS) is 26.9. The van der Waals surface area contributed by atoms with Crippen LogP contribution in [0.2, 0.25) is 0 Å². The molecular formula is C12H20F3NO2. The molecule has 0 heterocycles. The molecule has 0 aromatic carbocycles. The summed E-state index contributed by atoms with van der Waals surface area (Å²) in [5.41, 5.74) is 0. The lowest BCUT2D eigenvalue weighted by Gasteiger charge is -2.32. The van der Waals surface area contributed by atoms with Crippen molar-refractivity contribution >= 4 is 5.97 Å². The number of carboxylic acid groups (broad SMARTS) is 1. The summed E-state index contributed by atoms with van der Waals surface area (Å²) in [6.45, 7) is 1.89. The molecule has 0 aliphatic heterocycles. The van der Waals surface area contributed by atoms with Crippen LogP contribution in [0.5, 0.6) is 0 Å². The van der Waals surface area contributed by atoms with Crippen LogP contribution in [0.15, 0.2) is 0 Å². The zero-order valence-corrected chi connectivity index (χ0v) is 10.5. The maximum Gasteiger partial charge on any atom is 0.391 e. The fourth-order valence-electron chi connectivity index (χ4n) is 2.44. The molecule has 1 rings (SSSR count). The first kappa shape index (κ1) is 15.3. The largest absolute Gasteiger partial charge is 0.480 e. The Morgan fingerprint density at radius 1 is 1.33 bits per heavy atom. The van der Waals surface area contributed by atoms with Crippen molar-refractivity contribution in [2.45, 2.75) is 63.7 Å². The fourth-order valence-corrected chi connectivity index (χ4v) is 2.44. The van der Waals surface area contributed by atoms with Gasteiger partial charge in [0.25, 0.3) is 0 Å². The number of nitrogens with one attached hydrogen (secondary N) is 1. The number of rotatable bonds is 5. The van der Waals surface area contributed by atoms with Crippen LogP contribution in [0.1, 0.15) is 45.4 Å². The Labute approximate surface area is 105 Å². The highest BCUT2D eigenvalue weighted by atomic mass is 19.4. The molecule has 1 unspecified atom stereocenters. The Hall–Kier alpha value is -0.780. The molecule has 0 radical (unpaired) electrons. The zero-order valence-electron chi connectivity index (χ0n) is 10.5. The average molecular weight is 267 g/mol. The quantitative estimate of drug-likeness (QED) is 0.805. The van der Waals surface area contributed by atoms with Gasteiger partial charge in [-0.2, -0.15) is 13.2 Å². The zero-order chi connectivity index (χ0) is 13.8. The second-order valence-corrected chi connectivity index (χ2v) is 4.94. The number of carboxylic acids is 1. The van der Waals surface area contributed by atoms with Crippen molar-refractivity contribution in [2.75, 3.05) is 0 Å². The van der Waals surface area contributed by atoms with E-state index in [0.717, 1.165) is 6.42 Å². The molecule has 1 fully saturated rings. The highest BCUT2D eigenvalue weighted by Crippen LogP contribution is 2.37. The summed E-state index contributed by atoms with van der Waals surface area (Å²) in [5, 5.41) is 11.9. The summed E-state index contributed by atoms with van der Waals surface area (Å²) in [4.78, 5) is 10.9. The Balaban J connectivity index is 2.41. The SMILES string of the molecule is CCCC(NC1CCC(C(F)(F)F)CC1)C(=O)O. The van der Waals surface area contributed by atoms with Gasteiger partial charge in [0.05, 0.1) is 5.92 Å². The molecule has 1 saturated carbocycles. The molecule has 1 aliphatic rings. The van der Waals surface area contributed by atoms with Crippen molar-refractivity contribution in [3.63, 3.8) is 0 Å². The minimum Gasteiger partial charge on any atom is -0.480 e. The first-order valence-electron chi connectivity index (χ1n) is 6.40. The number of hydrogen-bond acceptors (Lipinski definition) is 2. The van der Waals surface area contributed by atoms with E-state index in [1.807, 2.05) is 6.92 Å². The standard InChI is InChI=1S/C12H20F3NO2/c1-2-3-10(11(17)18)16-9-6-4-8(5-7-9)12(13,14)15/h8-10,16H,2-7H2,1H3,(H,17,18). The Kier molecular flexibility index (Phi) is 5.44. The van der Waals surface area contributed by atoms with Gasteiger partial charge in [-0.15, -0.1) is 0 Å². The lowest BCUT2D eigenvalue weighted by molar-refractivity contribution is -0.183. The summed E-state index contributed by atoms with van der Waals surface area (Å²) in [6.07, 6.45) is -1.87. The number of halogens is 3. The molecule has 106 valence electrons. The van der Waals surface area contributed by atoms with Crippen molar-refractivity contribution in [3.05, 3.63) is 0 Å². The number of hydrogen-bond donors (Lipinski definition) is 2. The van der Waals surface area contributed by atoms with E-state index >= 15 is 0 Å². The maximum atomic E-state index is 12.5. The molecule has 2 N–H and O–H groups in total. The van der Waals surface area contributed by atoms with Crippen molar-refractivity contribution in [2.24, 2.45) is 5.92 Å². The van der Waals surface area contributed by atoms with Crippen LogP contribution < -0.4 is 5.32 Å². The maximum absolute atomic E-state index is 12.5. The number of alkyl halides is 3. The van der Waals surface area contributed by atoms with E-state index in [-0.39, 0.29) is 18.9 Å². The van der Waals surface area contributed by atoms with Gasteiger partial charge in [0.15, 0.2) is 0 Å². The molecule has 6 heteroatoms. The third-order valence-electron chi connectivity index (χ3n) is 3.50. The van der Waals surface area contributed by atoms with E-state index < -0.39 is 24.1 Å². The van der Waals surface area contributed by atoms with E-state index in [1.165, 1.54) is 0 Å². The minimum absolute atomic E-state index is 0.0969. The lowest BCUT2D eigenvalue weighted by atomic mass is 9.85. The Morgan fingerprint density at radius 2 is 1.89 bits per heavy atom. The molecular weight excluding hydrogens is 247 g/mol. The van der Waals surface area contributed by atoms with Crippen LogP contribution in [0.4, 0.5) is 13.2 Å². The van der Waals surface area contributed by atoms with Crippen LogP contribution >= 0.6 is 0 Å². The minimum atomic E-state index is -4.11. The van der Waals surface area contributed by atoms with Gasteiger partial charge in [-0.3, -0.25) is 4.79 Å². The van der Waals surface area contributed by atoms with E-state index in [4.69, 9.17) is 5.11 Å². The van der Waals surface area contributed by atoms with E-state index in [1.54, 1.807) is 0 Å². The van der Waals surface area contributed by atoms with Crippen LogP contribution in [-0.2, 0) is 4.79 Å². The second-order valence-electron chi connectivity index (χ2n) is 4.94. The van der Waals surface area contributed by atoms with Crippen molar-refractivity contribution < 1.29 is 23.1 Å². The Morgan fingerprint density at radius 3 is 2.28 bits per heavy atom. The van der Waals surface area contributed by atoms with Gasteiger partial charge in [-0.1, -0.05) is 13.3 Å². The lowest BCUT2D eigenvalue weighted by Crippen LogP contribution is -2.45. The summed E-state index contributed by atoms with van der Waals surface area (Å²) >= 11 is 0. The Bertz CT molecular complexity index is 273. The van der Waals surface area contributed by atoms with Gasteiger partial charge in [0.2, 0.25) is 0 Å². The van der Waals surface area contributed by atoms with Crippen LogP contribution in [-0.4, -0.2) is 29.3 Å². The molecule has 0 aromatic rings. The molecule has 3 nitrogen and oxygen atoms in total. The predicted molar refractivity (Wildman–Crippen MR) is 61.3 cm³/mol. The molecule has 18 heavy (non-hydrogen) atoms. The summed E-state index contributed by atoms with van der Waals surface area (Å²) in [7, 11) is 0. The van der Waals surface area contributed by atoms with Crippen molar-refractivity contribution in [3.8, 4) is 0 Å². The molecule has 0 saturated heterocycles. The number of carbonyl (C=O) groups is 1. The summed E-state index contributed by atoms with van der Waals surface area (Å²) in [5.74, 6) is -2.14. The highest BCUT2D eigenvalue weighted by Gasteiger charge is 2.41. The molecule has 0 bridgehead atoms. The van der Waals surface area contributed by atoms with Gasteiger partial charge in [0, 0.05) is 6.04 Å². The van der Waals surface area contributed by atoms with Gasteiger partial charge >= 0.3 is 12.1 Å².